The zero-order valence-electron chi connectivity index (χ0n) is 15.9. The molecule has 0 unspecified atom stereocenters. The predicted molar refractivity (Wildman–Crippen MR) is 107 cm³/mol. The topological polar surface area (TPSA) is 56.8 Å². The fourth-order valence-electron chi connectivity index (χ4n) is 3.15. The molecule has 3 aromatic rings. The molecule has 0 spiro atoms. The van der Waals surface area contributed by atoms with E-state index in [1.54, 1.807) is 14.2 Å². The van der Waals surface area contributed by atoms with Gasteiger partial charge in [-0.2, -0.15) is 0 Å². The Labute approximate surface area is 159 Å². The van der Waals surface area contributed by atoms with Crippen LogP contribution in [0.2, 0.25) is 0 Å². The Hall–Kier alpha value is -2.63. The summed E-state index contributed by atoms with van der Waals surface area (Å²) in [6.45, 7) is 2.19. The van der Waals surface area contributed by atoms with Crippen LogP contribution < -0.4 is 10.1 Å². The summed E-state index contributed by atoms with van der Waals surface area (Å²) in [5.41, 5.74) is 0. The second-order valence-corrected chi connectivity index (χ2v) is 6.51. The number of nitrogens with one attached hydrogen (secondary N) is 1. The van der Waals surface area contributed by atoms with E-state index in [9.17, 15) is 4.79 Å². The van der Waals surface area contributed by atoms with Crippen molar-refractivity contribution in [3.63, 3.8) is 0 Å². The largest absolute Gasteiger partial charge is 0.482 e. The second kappa shape index (κ2) is 8.84. The molecule has 0 heterocycles. The van der Waals surface area contributed by atoms with Crippen LogP contribution in [-0.2, 0) is 14.3 Å². The van der Waals surface area contributed by atoms with E-state index in [1.807, 2.05) is 55.5 Å². The van der Waals surface area contributed by atoms with Gasteiger partial charge in [0.1, 0.15) is 5.75 Å². The standard InChI is InChI=1S/C22H25NO4/c1-15(26-3)20(13-25-2)23-21(24)14-27-22-18-10-6-4-8-16(18)12-17-9-5-7-11-19(17)22/h4-12,15,20H,13-14H2,1-3H3,(H,23,24)/t15-,20-/m1/s1. The molecule has 0 bridgehead atoms. The molecule has 1 amide bonds. The number of hydrogen-bond acceptors (Lipinski definition) is 4. The van der Waals surface area contributed by atoms with Crippen LogP contribution in [0.4, 0.5) is 0 Å². The van der Waals surface area contributed by atoms with E-state index in [0.717, 1.165) is 27.3 Å². The van der Waals surface area contributed by atoms with E-state index in [4.69, 9.17) is 14.2 Å². The molecule has 3 aromatic carbocycles. The quantitative estimate of drug-likeness (QED) is 0.619. The molecule has 0 aromatic heterocycles. The Morgan fingerprint density at radius 2 is 1.59 bits per heavy atom. The maximum Gasteiger partial charge on any atom is 0.258 e. The zero-order valence-corrected chi connectivity index (χ0v) is 15.9. The van der Waals surface area contributed by atoms with Crippen LogP contribution in [0.3, 0.4) is 0 Å². The molecular weight excluding hydrogens is 342 g/mol. The molecule has 0 saturated heterocycles. The summed E-state index contributed by atoms with van der Waals surface area (Å²) in [4.78, 5) is 12.4. The van der Waals surface area contributed by atoms with E-state index < -0.39 is 0 Å². The van der Waals surface area contributed by atoms with E-state index in [-0.39, 0.29) is 24.7 Å². The maximum atomic E-state index is 12.4. The fraction of sp³-hybridized carbons (Fsp3) is 0.318. The van der Waals surface area contributed by atoms with Gasteiger partial charge in [0, 0.05) is 25.0 Å². The van der Waals surface area contributed by atoms with Crippen molar-refractivity contribution in [1.29, 1.82) is 0 Å². The normalized spacial score (nSPS) is 13.4. The monoisotopic (exact) mass is 367 g/mol. The first kappa shape index (κ1) is 19.1. The molecule has 0 aliphatic rings. The summed E-state index contributed by atoms with van der Waals surface area (Å²) < 4.78 is 16.5. The third kappa shape index (κ3) is 4.38. The van der Waals surface area contributed by atoms with E-state index in [1.165, 1.54) is 0 Å². The molecule has 0 aliphatic carbocycles. The van der Waals surface area contributed by atoms with Crippen LogP contribution in [-0.4, -0.2) is 45.5 Å². The lowest BCUT2D eigenvalue weighted by Gasteiger charge is -2.23. The van der Waals surface area contributed by atoms with Crippen molar-refractivity contribution in [1.82, 2.24) is 5.32 Å². The van der Waals surface area contributed by atoms with Gasteiger partial charge in [0.15, 0.2) is 6.61 Å². The highest BCUT2D eigenvalue weighted by atomic mass is 16.5. The molecule has 3 rings (SSSR count). The minimum atomic E-state index is -0.236. The molecule has 0 fully saturated rings. The molecule has 142 valence electrons. The van der Waals surface area contributed by atoms with Gasteiger partial charge in [-0.05, 0) is 23.8 Å². The van der Waals surface area contributed by atoms with Gasteiger partial charge in [-0.3, -0.25) is 4.79 Å². The first-order chi connectivity index (χ1) is 13.1. The van der Waals surface area contributed by atoms with E-state index >= 15 is 0 Å². The van der Waals surface area contributed by atoms with Crippen LogP contribution in [0.1, 0.15) is 6.92 Å². The van der Waals surface area contributed by atoms with Gasteiger partial charge in [0.05, 0.1) is 18.8 Å². The highest BCUT2D eigenvalue weighted by Gasteiger charge is 2.20. The number of benzene rings is 3. The smallest absolute Gasteiger partial charge is 0.258 e. The first-order valence-electron chi connectivity index (χ1n) is 8.98. The predicted octanol–water partition coefficient (Wildman–Crippen LogP) is 3.54. The fourth-order valence-corrected chi connectivity index (χ4v) is 3.15. The van der Waals surface area contributed by atoms with Gasteiger partial charge >= 0.3 is 0 Å². The van der Waals surface area contributed by atoms with Crippen LogP contribution in [0.25, 0.3) is 21.5 Å². The summed E-state index contributed by atoms with van der Waals surface area (Å²) in [6.07, 6.45) is -0.160. The van der Waals surface area contributed by atoms with Crippen molar-refractivity contribution < 1.29 is 19.0 Å². The van der Waals surface area contributed by atoms with E-state index in [0.29, 0.717) is 6.61 Å². The Bertz CT molecular complexity index is 870. The van der Waals surface area contributed by atoms with Crippen molar-refractivity contribution in [3.05, 3.63) is 54.6 Å². The minimum Gasteiger partial charge on any atom is -0.482 e. The average molecular weight is 367 g/mol. The summed E-state index contributed by atoms with van der Waals surface area (Å²) in [5.74, 6) is 0.514. The van der Waals surface area contributed by atoms with E-state index in [2.05, 4.69) is 11.4 Å². The van der Waals surface area contributed by atoms with Gasteiger partial charge in [-0.1, -0.05) is 48.5 Å². The summed E-state index contributed by atoms with van der Waals surface area (Å²) in [6, 6.07) is 17.9. The molecule has 0 saturated carbocycles. The lowest BCUT2D eigenvalue weighted by Crippen LogP contribution is -2.47. The number of methoxy groups -OCH3 is 2. The Morgan fingerprint density at radius 3 is 2.15 bits per heavy atom. The van der Waals surface area contributed by atoms with Gasteiger partial charge in [-0.25, -0.2) is 0 Å². The molecule has 0 aliphatic heterocycles. The van der Waals surface area contributed by atoms with Gasteiger partial charge in [0.2, 0.25) is 0 Å². The summed E-state index contributed by atoms with van der Waals surface area (Å²) in [5, 5.41) is 7.06. The van der Waals surface area contributed by atoms with Crippen molar-refractivity contribution >= 4 is 27.5 Å². The van der Waals surface area contributed by atoms with Gasteiger partial charge < -0.3 is 19.5 Å². The highest BCUT2D eigenvalue weighted by molar-refractivity contribution is 6.05. The lowest BCUT2D eigenvalue weighted by molar-refractivity contribution is -0.125. The Morgan fingerprint density at radius 1 is 1.00 bits per heavy atom. The number of rotatable bonds is 8. The average Bonchev–Trinajstić information content (AvgIpc) is 2.70. The highest BCUT2D eigenvalue weighted by Crippen LogP contribution is 2.34. The van der Waals surface area contributed by atoms with Crippen LogP contribution in [0.15, 0.2) is 54.6 Å². The molecule has 27 heavy (non-hydrogen) atoms. The van der Waals surface area contributed by atoms with Crippen LogP contribution in [0, 0.1) is 0 Å². The molecule has 1 N–H and O–H groups in total. The third-order valence-corrected chi connectivity index (χ3v) is 4.70. The van der Waals surface area contributed by atoms with Crippen molar-refractivity contribution in [3.8, 4) is 5.75 Å². The summed E-state index contributed by atoms with van der Waals surface area (Å²) in [7, 11) is 3.21. The van der Waals surface area contributed by atoms with Crippen molar-refractivity contribution in [2.45, 2.75) is 19.1 Å². The molecule has 5 nitrogen and oxygen atoms in total. The Balaban J connectivity index is 1.82. The zero-order chi connectivity index (χ0) is 19.2. The summed E-state index contributed by atoms with van der Waals surface area (Å²) >= 11 is 0. The van der Waals surface area contributed by atoms with Crippen molar-refractivity contribution in [2.75, 3.05) is 27.4 Å². The number of hydrogen-bond donors (Lipinski definition) is 1. The maximum absolute atomic E-state index is 12.4. The van der Waals surface area contributed by atoms with Crippen LogP contribution >= 0.6 is 0 Å². The molecule has 2 atom stereocenters. The van der Waals surface area contributed by atoms with Gasteiger partial charge in [-0.15, -0.1) is 0 Å². The minimum absolute atomic E-state index is 0.0748. The van der Waals surface area contributed by atoms with Gasteiger partial charge in [0.25, 0.3) is 5.91 Å². The lowest BCUT2D eigenvalue weighted by atomic mass is 10.0. The molecule has 0 radical (unpaired) electrons. The number of carbonyl (C=O) groups excluding carboxylic acids is 1. The molecule has 5 heteroatoms. The Kier molecular flexibility index (Phi) is 6.27. The SMILES string of the molecule is COC[C@@H](NC(=O)COc1c2ccccc2cc2ccccc12)[C@@H](C)OC. The van der Waals surface area contributed by atoms with Crippen molar-refractivity contribution in [2.24, 2.45) is 0 Å². The van der Waals surface area contributed by atoms with Crippen LogP contribution in [0.5, 0.6) is 5.75 Å². The number of fused-ring (bicyclic) bond motifs is 2. The number of carbonyl (C=O) groups is 1. The number of ether oxygens (including phenoxy) is 3. The second-order valence-electron chi connectivity index (χ2n) is 6.51. The molecular formula is C22H25NO4. The number of amides is 1. The third-order valence-electron chi connectivity index (χ3n) is 4.70. The first-order valence-corrected chi connectivity index (χ1v) is 8.98.